The molecule has 5 rings (SSSR count). The molecule has 0 aliphatic heterocycles. The molecule has 5 aromatic rings. The molecule has 9 nitrogen and oxygen atoms in total. The van der Waals surface area contributed by atoms with E-state index in [2.05, 4.69) is 21.0 Å². The first-order valence-corrected chi connectivity index (χ1v) is 12.1. The standard InChI is InChI=1S/C15H9N3O.C9H7NO.C6H5ClN2O.Na.H/c16-9-12-13(10-5-2-1-3-6-10)18-15(19)11-7-4-8-17-14(11)12;10-7-6-9(11)8-4-2-1-3-5-8;7-5-4(6(8)10)2-1-3-9-5;;/h1-8H,(H,18,19);1-5H,6H2;1-3H,(H2,8,10);;/q;;;+1;-1. The van der Waals surface area contributed by atoms with Crippen LogP contribution in [-0.4, -0.2) is 26.6 Å². The van der Waals surface area contributed by atoms with E-state index in [-0.39, 0.29) is 59.5 Å². The van der Waals surface area contributed by atoms with Crippen LogP contribution in [0.1, 0.15) is 34.1 Å². The molecule has 0 spiro atoms. The van der Waals surface area contributed by atoms with Gasteiger partial charge in [-0.2, -0.15) is 10.5 Å². The number of pyridine rings is 3. The molecular formula is C30H22ClN6NaO3. The van der Waals surface area contributed by atoms with Crippen molar-refractivity contribution in [1.29, 1.82) is 10.5 Å². The number of fused-ring (bicyclic) bond motifs is 1. The maximum absolute atomic E-state index is 12.0. The molecule has 0 radical (unpaired) electrons. The fourth-order valence-corrected chi connectivity index (χ4v) is 3.66. The van der Waals surface area contributed by atoms with Gasteiger partial charge in [-0.3, -0.25) is 19.4 Å². The Morgan fingerprint density at radius 2 is 1.51 bits per heavy atom. The number of Topliss-reactive ketones (excluding diaryl/α,β-unsaturated/α-hetero) is 1. The predicted molar refractivity (Wildman–Crippen MR) is 152 cm³/mol. The second-order valence-electron chi connectivity index (χ2n) is 7.91. The van der Waals surface area contributed by atoms with E-state index in [4.69, 9.17) is 22.6 Å². The number of amides is 1. The van der Waals surface area contributed by atoms with E-state index in [0.29, 0.717) is 27.7 Å². The van der Waals surface area contributed by atoms with Crippen LogP contribution in [0.3, 0.4) is 0 Å². The van der Waals surface area contributed by atoms with Gasteiger partial charge < -0.3 is 12.1 Å². The summed E-state index contributed by atoms with van der Waals surface area (Å²) in [5, 5.41) is 18.2. The number of hydrogen-bond acceptors (Lipinski definition) is 7. The number of nitriles is 2. The SMILES string of the molecule is N#CCC(=O)c1ccccc1.N#Cc1c(-c2ccccc2)[nH]c(=O)c2cccnc12.NC(=O)c1cccnc1Cl.[H-].[Na+]. The first-order valence-electron chi connectivity index (χ1n) is 11.7. The molecule has 0 saturated heterocycles. The van der Waals surface area contributed by atoms with E-state index in [1.54, 1.807) is 48.7 Å². The summed E-state index contributed by atoms with van der Waals surface area (Å²) in [5.74, 6) is -0.675. The summed E-state index contributed by atoms with van der Waals surface area (Å²) in [7, 11) is 0. The monoisotopic (exact) mass is 572 g/mol. The van der Waals surface area contributed by atoms with Crippen LogP contribution in [0.25, 0.3) is 22.2 Å². The molecule has 3 heterocycles. The zero-order chi connectivity index (χ0) is 28.9. The third-order valence-electron chi connectivity index (χ3n) is 5.31. The Hall–Kier alpha value is -4.64. The minimum absolute atomic E-state index is 0. The molecule has 1 amide bonds. The number of benzene rings is 2. The van der Waals surface area contributed by atoms with Gasteiger partial charge in [0.1, 0.15) is 16.8 Å². The van der Waals surface area contributed by atoms with Crippen molar-refractivity contribution in [3.63, 3.8) is 0 Å². The number of primary amides is 1. The molecule has 0 saturated carbocycles. The molecule has 11 heteroatoms. The molecule has 3 aromatic heterocycles. The van der Waals surface area contributed by atoms with Crippen molar-refractivity contribution < 1.29 is 40.6 Å². The number of carbonyl (C=O) groups excluding carboxylic acids is 2. The zero-order valence-electron chi connectivity index (χ0n) is 22.9. The van der Waals surface area contributed by atoms with Crippen LogP contribution >= 0.6 is 11.6 Å². The number of nitrogens with zero attached hydrogens (tertiary/aromatic N) is 4. The Kier molecular flexibility index (Phi) is 13.1. The average molecular weight is 573 g/mol. The number of aromatic amines is 1. The molecule has 0 bridgehead atoms. The number of aromatic nitrogens is 3. The second-order valence-corrected chi connectivity index (χ2v) is 8.27. The van der Waals surface area contributed by atoms with Crippen LogP contribution in [0.5, 0.6) is 0 Å². The minimum atomic E-state index is -0.557. The molecular weight excluding hydrogens is 551 g/mol. The van der Waals surface area contributed by atoms with Crippen molar-refractivity contribution in [2.24, 2.45) is 5.73 Å². The van der Waals surface area contributed by atoms with Gasteiger partial charge in [0.2, 0.25) is 0 Å². The second kappa shape index (κ2) is 16.5. The Morgan fingerprint density at radius 1 is 0.902 bits per heavy atom. The fourth-order valence-electron chi connectivity index (χ4n) is 3.45. The number of rotatable bonds is 4. The zero-order valence-corrected chi connectivity index (χ0v) is 24.7. The summed E-state index contributed by atoms with van der Waals surface area (Å²) < 4.78 is 0. The van der Waals surface area contributed by atoms with Gasteiger partial charge in [-0.05, 0) is 29.8 Å². The van der Waals surface area contributed by atoms with E-state index in [0.717, 1.165) is 5.56 Å². The van der Waals surface area contributed by atoms with Crippen LogP contribution in [0, 0.1) is 22.7 Å². The van der Waals surface area contributed by atoms with Gasteiger partial charge in [-0.25, -0.2) is 4.98 Å². The van der Waals surface area contributed by atoms with Crippen LogP contribution in [0.2, 0.25) is 5.15 Å². The van der Waals surface area contributed by atoms with Gasteiger partial charge >= 0.3 is 29.6 Å². The molecule has 0 aliphatic rings. The van der Waals surface area contributed by atoms with Gasteiger partial charge in [-0.1, -0.05) is 72.3 Å². The normalized spacial score (nSPS) is 9.34. The number of halogens is 1. The third-order valence-corrected chi connectivity index (χ3v) is 5.61. The van der Waals surface area contributed by atoms with Gasteiger partial charge in [-0.15, -0.1) is 0 Å². The summed E-state index contributed by atoms with van der Waals surface area (Å²) in [6.07, 6.45) is 3.04. The average Bonchev–Trinajstić information content (AvgIpc) is 2.99. The number of nitrogens with one attached hydrogen (secondary N) is 1. The van der Waals surface area contributed by atoms with E-state index in [1.807, 2.05) is 42.5 Å². The van der Waals surface area contributed by atoms with Gasteiger partial charge in [0.15, 0.2) is 5.78 Å². The number of nitrogens with two attached hydrogens (primary N) is 1. The first-order chi connectivity index (χ1) is 19.4. The van der Waals surface area contributed by atoms with Crippen molar-refractivity contribution in [2.75, 3.05) is 0 Å². The van der Waals surface area contributed by atoms with E-state index in [1.165, 1.54) is 12.3 Å². The van der Waals surface area contributed by atoms with Crippen LogP contribution in [0.15, 0.2) is 102 Å². The molecule has 0 aliphatic carbocycles. The van der Waals surface area contributed by atoms with Crippen LogP contribution in [0.4, 0.5) is 0 Å². The smallest absolute Gasteiger partial charge is 1.00 e. The van der Waals surface area contributed by atoms with E-state index >= 15 is 0 Å². The van der Waals surface area contributed by atoms with Crippen molar-refractivity contribution in [3.8, 4) is 23.4 Å². The summed E-state index contributed by atoms with van der Waals surface area (Å²) in [5.41, 5.74) is 7.71. The molecule has 3 N–H and O–H groups in total. The maximum Gasteiger partial charge on any atom is 1.00 e. The van der Waals surface area contributed by atoms with Gasteiger partial charge in [0, 0.05) is 18.0 Å². The minimum Gasteiger partial charge on any atom is -1.00 e. The molecule has 41 heavy (non-hydrogen) atoms. The summed E-state index contributed by atoms with van der Waals surface area (Å²) in [6.45, 7) is 0. The third kappa shape index (κ3) is 8.94. The topological polar surface area (TPSA) is 166 Å². The molecule has 0 atom stereocenters. The van der Waals surface area contributed by atoms with Crippen molar-refractivity contribution in [3.05, 3.63) is 130 Å². The summed E-state index contributed by atoms with van der Waals surface area (Å²) in [4.78, 5) is 44.2. The van der Waals surface area contributed by atoms with Gasteiger partial charge in [0.05, 0.1) is 34.7 Å². The van der Waals surface area contributed by atoms with Crippen LogP contribution < -0.4 is 40.9 Å². The Bertz CT molecular complexity index is 1790. The summed E-state index contributed by atoms with van der Waals surface area (Å²) >= 11 is 5.51. The Labute approximate surface area is 264 Å². The number of carbonyl (C=O) groups is 2. The van der Waals surface area contributed by atoms with Crippen molar-refractivity contribution in [2.45, 2.75) is 6.42 Å². The molecule has 0 unspecified atom stereocenters. The number of H-pyrrole nitrogens is 1. The van der Waals surface area contributed by atoms with E-state index < -0.39 is 5.91 Å². The number of hydrogen-bond donors (Lipinski definition) is 2. The Morgan fingerprint density at radius 3 is 2.07 bits per heavy atom. The van der Waals surface area contributed by atoms with Crippen LogP contribution in [-0.2, 0) is 0 Å². The maximum atomic E-state index is 12.0. The fraction of sp³-hybridized carbons (Fsp3) is 0.0333. The van der Waals surface area contributed by atoms with E-state index in [9.17, 15) is 19.6 Å². The molecule has 0 fully saturated rings. The summed E-state index contributed by atoms with van der Waals surface area (Å²) in [6, 6.07) is 28.5. The predicted octanol–water partition coefficient (Wildman–Crippen LogP) is 2.20. The molecule has 2 aromatic carbocycles. The van der Waals surface area contributed by atoms with Gasteiger partial charge in [0.25, 0.3) is 11.5 Å². The molecule has 198 valence electrons. The largest absolute Gasteiger partial charge is 1.00 e. The van der Waals surface area contributed by atoms with Crippen molar-refractivity contribution in [1.82, 2.24) is 15.0 Å². The first kappa shape index (κ1) is 32.6. The van der Waals surface area contributed by atoms with Crippen molar-refractivity contribution >= 4 is 34.2 Å². The quantitative estimate of drug-likeness (QED) is 0.189. The number of ketones is 1. The Balaban J connectivity index is 0.000000332.